The van der Waals surface area contributed by atoms with Crippen molar-refractivity contribution in [2.75, 3.05) is 18.8 Å². The lowest BCUT2D eigenvalue weighted by Crippen LogP contribution is -2.33. The molecule has 106 valence electrons. The molecule has 1 aromatic rings. The molecule has 19 heavy (non-hydrogen) atoms. The summed E-state index contributed by atoms with van der Waals surface area (Å²) in [6.45, 7) is 3.06. The molecular formula is C12H18ClN3O2S. The average molecular weight is 304 g/mol. The molecule has 1 aliphatic rings. The van der Waals surface area contributed by atoms with E-state index < -0.39 is 10.0 Å². The molecule has 7 heteroatoms. The largest absolute Gasteiger partial charge is 0.382 e. The molecule has 1 aliphatic carbocycles. The number of pyridine rings is 1. The van der Waals surface area contributed by atoms with Crippen LogP contribution in [0.1, 0.15) is 26.2 Å². The van der Waals surface area contributed by atoms with Gasteiger partial charge in [0.05, 0.1) is 5.02 Å². The van der Waals surface area contributed by atoms with Gasteiger partial charge in [-0.1, -0.05) is 18.5 Å². The third-order valence-electron chi connectivity index (χ3n) is 3.11. The Balaban J connectivity index is 2.28. The lowest BCUT2D eigenvalue weighted by Gasteiger charge is -2.21. The van der Waals surface area contributed by atoms with Crippen LogP contribution in [0.25, 0.3) is 0 Å². The summed E-state index contributed by atoms with van der Waals surface area (Å²) < 4.78 is 26.6. The van der Waals surface area contributed by atoms with Crippen LogP contribution in [0.2, 0.25) is 5.02 Å². The van der Waals surface area contributed by atoms with Gasteiger partial charge in [0.2, 0.25) is 10.0 Å². The second-order valence-electron chi connectivity index (χ2n) is 4.84. The number of nitrogens with two attached hydrogens (primary N) is 1. The van der Waals surface area contributed by atoms with E-state index in [1.54, 1.807) is 0 Å². The van der Waals surface area contributed by atoms with Crippen LogP contribution in [0, 0.1) is 5.92 Å². The van der Waals surface area contributed by atoms with Crippen molar-refractivity contribution >= 4 is 27.4 Å². The highest BCUT2D eigenvalue weighted by molar-refractivity contribution is 7.89. The fraction of sp³-hybridized carbons (Fsp3) is 0.583. The monoisotopic (exact) mass is 303 g/mol. The molecule has 1 heterocycles. The second kappa shape index (κ2) is 5.64. The first-order valence-corrected chi connectivity index (χ1v) is 8.18. The third-order valence-corrected chi connectivity index (χ3v) is 5.25. The van der Waals surface area contributed by atoms with Gasteiger partial charge in [-0.25, -0.2) is 13.4 Å². The Morgan fingerprint density at radius 3 is 2.74 bits per heavy atom. The number of nitrogens with zero attached hydrogens (tertiary/aromatic N) is 2. The molecule has 5 nitrogen and oxygen atoms in total. The van der Waals surface area contributed by atoms with E-state index in [4.69, 9.17) is 17.3 Å². The normalized spacial score (nSPS) is 15.9. The molecule has 2 rings (SSSR count). The minimum atomic E-state index is -3.53. The smallest absolute Gasteiger partial charge is 0.244 e. The average Bonchev–Trinajstić information content (AvgIpc) is 3.16. The van der Waals surface area contributed by atoms with Crippen molar-refractivity contribution in [1.82, 2.24) is 9.29 Å². The summed E-state index contributed by atoms with van der Waals surface area (Å²) in [5, 5.41) is 0.170. The molecule has 0 spiro atoms. The number of halogens is 1. The van der Waals surface area contributed by atoms with E-state index in [0.717, 1.165) is 19.3 Å². The zero-order chi connectivity index (χ0) is 14.0. The van der Waals surface area contributed by atoms with Crippen LogP contribution in [0.3, 0.4) is 0 Å². The standard InChI is InChI=1S/C12H18ClN3O2S/c1-2-5-16(8-9-3-4-9)19(17,18)10-6-11(13)12(14)15-7-10/h6-7,9H,2-5,8H2,1H3,(H2,14,15). The Bertz CT molecular complexity index is 558. The summed E-state index contributed by atoms with van der Waals surface area (Å²) in [5.41, 5.74) is 5.51. The molecule has 0 aromatic carbocycles. The third kappa shape index (κ3) is 3.38. The molecule has 1 saturated carbocycles. The summed E-state index contributed by atoms with van der Waals surface area (Å²) in [5.74, 6) is 0.642. The van der Waals surface area contributed by atoms with E-state index in [1.807, 2.05) is 6.92 Å². The van der Waals surface area contributed by atoms with Gasteiger partial charge in [0.25, 0.3) is 0 Å². The molecule has 0 aliphatic heterocycles. The van der Waals surface area contributed by atoms with E-state index in [1.165, 1.54) is 16.6 Å². The first-order valence-electron chi connectivity index (χ1n) is 6.36. The maximum atomic E-state index is 12.5. The van der Waals surface area contributed by atoms with Crippen molar-refractivity contribution in [2.24, 2.45) is 5.92 Å². The van der Waals surface area contributed by atoms with Crippen molar-refractivity contribution in [3.63, 3.8) is 0 Å². The van der Waals surface area contributed by atoms with Gasteiger partial charge >= 0.3 is 0 Å². The first-order chi connectivity index (χ1) is 8.95. The fourth-order valence-corrected chi connectivity index (χ4v) is 3.68. The maximum Gasteiger partial charge on any atom is 0.244 e. The minimum absolute atomic E-state index is 0.112. The molecule has 0 amide bonds. The van der Waals surface area contributed by atoms with Crippen LogP contribution in [0.5, 0.6) is 0 Å². The van der Waals surface area contributed by atoms with E-state index in [-0.39, 0.29) is 15.7 Å². The number of nitrogen functional groups attached to an aromatic ring is 1. The SMILES string of the molecule is CCCN(CC1CC1)S(=O)(=O)c1cnc(N)c(Cl)c1. The van der Waals surface area contributed by atoms with Gasteiger partial charge in [0.1, 0.15) is 10.7 Å². The zero-order valence-electron chi connectivity index (χ0n) is 10.8. The topological polar surface area (TPSA) is 76.3 Å². The summed E-state index contributed by atoms with van der Waals surface area (Å²) >= 11 is 5.85. The number of hydrogen-bond donors (Lipinski definition) is 1. The molecule has 0 unspecified atom stereocenters. The van der Waals surface area contributed by atoms with Gasteiger partial charge in [-0.15, -0.1) is 0 Å². The van der Waals surface area contributed by atoms with Gasteiger partial charge in [-0.2, -0.15) is 4.31 Å². The fourth-order valence-electron chi connectivity index (χ4n) is 1.87. The summed E-state index contributed by atoms with van der Waals surface area (Å²) in [6.07, 6.45) is 4.27. The second-order valence-corrected chi connectivity index (χ2v) is 7.19. The van der Waals surface area contributed by atoms with Crippen molar-refractivity contribution < 1.29 is 8.42 Å². The molecular weight excluding hydrogens is 286 g/mol. The lowest BCUT2D eigenvalue weighted by atomic mass is 10.4. The van der Waals surface area contributed by atoms with Gasteiger partial charge in [-0.05, 0) is 31.2 Å². The number of anilines is 1. The Morgan fingerprint density at radius 1 is 1.53 bits per heavy atom. The Morgan fingerprint density at radius 2 is 2.21 bits per heavy atom. The van der Waals surface area contributed by atoms with Crippen molar-refractivity contribution in [2.45, 2.75) is 31.1 Å². The Labute approximate surface area is 118 Å². The molecule has 2 N–H and O–H groups in total. The van der Waals surface area contributed by atoms with Gasteiger partial charge in [0, 0.05) is 19.3 Å². The Hall–Kier alpha value is -0.850. The van der Waals surface area contributed by atoms with Crippen LogP contribution in [0.4, 0.5) is 5.82 Å². The molecule has 0 saturated heterocycles. The van der Waals surface area contributed by atoms with Crippen molar-refractivity contribution in [3.8, 4) is 0 Å². The van der Waals surface area contributed by atoms with Crippen LogP contribution < -0.4 is 5.73 Å². The van der Waals surface area contributed by atoms with Crippen LogP contribution >= 0.6 is 11.6 Å². The molecule has 1 aromatic heterocycles. The van der Waals surface area contributed by atoms with E-state index in [9.17, 15) is 8.42 Å². The number of aromatic nitrogens is 1. The highest BCUT2D eigenvalue weighted by Gasteiger charge is 2.31. The molecule has 0 atom stereocenters. The van der Waals surface area contributed by atoms with Gasteiger partial charge in [-0.3, -0.25) is 0 Å². The predicted molar refractivity (Wildman–Crippen MR) is 75.4 cm³/mol. The predicted octanol–water partition coefficient (Wildman–Crippen LogP) is 2.13. The van der Waals surface area contributed by atoms with Crippen LogP contribution in [-0.4, -0.2) is 30.8 Å². The van der Waals surface area contributed by atoms with E-state index in [0.29, 0.717) is 19.0 Å². The van der Waals surface area contributed by atoms with Crippen molar-refractivity contribution in [3.05, 3.63) is 17.3 Å². The lowest BCUT2D eigenvalue weighted by molar-refractivity contribution is 0.395. The summed E-state index contributed by atoms with van der Waals surface area (Å²) in [6, 6.07) is 1.37. The zero-order valence-corrected chi connectivity index (χ0v) is 12.4. The molecule has 1 fully saturated rings. The molecule has 0 radical (unpaired) electrons. The maximum absolute atomic E-state index is 12.5. The summed E-state index contributed by atoms with van der Waals surface area (Å²) in [7, 11) is -3.53. The Kier molecular flexibility index (Phi) is 4.32. The van der Waals surface area contributed by atoms with Crippen LogP contribution in [-0.2, 0) is 10.0 Å². The highest BCUT2D eigenvalue weighted by atomic mass is 35.5. The van der Waals surface area contributed by atoms with Gasteiger partial charge < -0.3 is 5.73 Å². The van der Waals surface area contributed by atoms with Crippen molar-refractivity contribution in [1.29, 1.82) is 0 Å². The van der Waals surface area contributed by atoms with Crippen LogP contribution in [0.15, 0.2) is 17.2 Å². The molecule has 0 bridgehead atoms. The van der Waals surface area contributed by atoms with E-state index in [2.05, 4.69) is 4.98 Å². The van der Waals surface area contributed by atoms with Gasteiger partial charge in [0.15, 0.2) is 0 Å². The number of rotatable bonds is 6. The summed E-state index contributed by atoms with van der Waals surface area (Å²) in [4.78, 5) is 3.93. The first kappa shape index (κ1) is 14.6. The minimum Gasteiger partial charge on any atom is -0.382 e. The van der Waals surface area contributed by atoms with E-state index >= 15 is 0 Å². The highest BCUT2D eigenvalue weighted by Crippen LogP contribution is 2.32. The number of sulfonamides is 1. The number of hydrogen-bond acceptors (Lipinski definition) is 4. The quantitative estimate of drug-likeness (QED) is 0.873.